The summed E-state index contributed by atoms with van der Waals surface area (Å²) in [6.07, 6.45) is 1.97. The molecule has 2 aromatic carbocycles. The van der Waals surface area contributed by atoms with Gasteiger partial charge < -0.3 is 15.4 Å². The molecule has 2 N–H and O–H groups in total. The van der Waals surface area contributed by atoms with Crippen LogP contribution in [-0.4, -0.2) is 28.9 Å². The van der Waals surface area contributed by atoms with Crippen LogP contribution in [0, 0.1) is 0 Å². The first-order chi connectivity index (χ1) is 13.8. The predicted molar refractivity (Wildman–Crippen MR) is 128 cm³/mol. The van der Waals surface area contributed by atoms with Gasteiger partial charge in [-0.25, -0.2) is 9.67 Å². The molecule has 0 spiro atoms. The number of benzene rings is 2. The maximum atomic E-state index is 5.68. The number of guanidine groups is 1. The van der Waals surface area contributed by atoms with Crippen LogP contribution in [0.4, 0.5) is 0 Å². The van der Waals surface area contributed by atoms with E-state index in [-0.39, 0.29) is 24.0 Å². The summed E-state index contributed by atoms with van der Waals surface area (Å²) in [5, 5.41) is 11.2. The van der Waals surface area contributed by atoms with E-state index in [4.69, 9.17) is 4.74 Å². The van der Waals surface area contributed by atoms with E-state index in [0.29, 0.717) is 19.7 Å². The number of nitrogens with zero attached hydrogens (tertiary/aromatic N) is 3. The summed E-state index contributed by atoms with van der Waals surface area (Å²) in [7, 11) is 0. The predicted octanol–water partition coefficient (Wildman–Crippen LogP) is 4.14. The Bertz CT molecular complexity index is 895. The maximum absolute atomic E-state index is 5.68. The van der Waals surface area contributed by atoms with E-state index >= 15 is 0 Å². The highest BCUT2D eigenvalue weighted by Gasteiger charge is 2.05. The van der Waals surface area contributed by atoms with E-state index in [1.54, 1.807) is 0 Å². The molecule has 1 aromatic heterocycles. The Balaban J connectivity index is 0.00000300. The van der Waals surface area contributed by atoms with Crippen molar-refractivity contribution in [2.24, 2.45) is 4.99 Å². The molecule has 0 aliphatic rings. The number of hydrogen-bond acceptors (Lipinski definition) is 3. The van der Waals surface area contributed by atoms with Gasteiger partial charge in [0.15, 0.2) is 5.96 Å². The molecule has 3 aromatic rings. The minimum Gasteiger partial charge on any atom is -0.494 e. The van der Waals surface area contributed by atoms with E-state index < -0.39 is 0 Å². The van der Waals surface area contributed by atoms with E-state index in [1.807, 2.05) is 78.5 Å². The van der Waals surface area contributed by atoms with Crippen LogP contribution in [0.2, 0.25) is 0 Å². The zero-order valence-corrected chi connectivity index (χ0v) is 19.2. The van der Waals surface area contributed by atoms with Gasteiger partial charge in [-0.05, 0) is 38.1 Å². The Hall–Kier alpha value is -2.55. The van der Waals surface area contributed by atoms with Crippen LogP contribution in [0.3, 0.4) is 0 Å². The van der Waals surface area contributed by atoms with E-state index in [2.05, 4.69) is 27.6 Å². The summed E-state index contributed by atoms with van der Waals surface area (Å²) < 4.78 is 7.55. The molecule has 29 heavy (non-hydrogen) atoms. The van der Waals surface area contributed by atoms with Gasteiger partial charge in [-0.1, -0.05) is 36.4 Å². The van der Waals surface area contributed by atoms with Gasteiger partial charge in [-0.15, -0.1) is 24.0 Å². The number of hydrogen-bond donors (Lipinski definition) is 2. The van der Waals surface area contributed by atoms with Crippen molar-refractivity contribution in [3.63, 3.8) is 0 Å². The van der Waals surface area contributed by atoms with Crippen LogP contribution < -0.4 is 15.4 Å². The smallest absolute Gasteiger partial charge is 0.191 e. The van der Waals surface area contributed by atoms with Crippen LogP contribution in [0.1, 0.15) is 25.1 Å². The quantitative estimate of drug-likeness (QED) is 0.275. The van der Waals surface area contributed by atoms with Gasteiger partial charge in [-0.3, -0.25) is 0 Å². The van der Waals surface area contributed by atoms with Crippen molar-refractivity contribution in [1.29, 1.82) is 0 Å². The fourth-order valence-corrected chi connectivity index (χ4v) is 2.79. The molecule has 7 heteroatoms. The Morgan fingerprint density at radius 3 is 2.52 bits per heavy atom. The third kappa shape index (κ3) is 6.77. The van der Waals surface area contributed by atoms with Crippen LogP contribution in [0.25, 0.3) is 5.69 Å². The first kappa shape index (κ1) is 22.7. The number of aromatic nitrogens is 2. The van der Waals surface area contributed by atoms with Crippen molar-refractivity contribution < 1.29 is 4.74 Å². The topological polar surface area (TPSA) is 63.5 Å². The van der Waals surface area contributed by atoms with Crippen molar-refractivity contribution in [2.45, 2.75) is 26.9 Å². The number of halogens is 1. The highest BCUT2D eigenvalue weighted by Crippen LogP contribution is 2.18. The van der Waals surface area contributed by atoms with Gasteiger partial charge in [-0.2, -0.15) is 5.10 Å². The Morgan fingerprint density at radius 2 is 1.76 bits per heavy atom. The van der Waals surface area contributed by atoms with Gasteiger partial charge in [0, 0.05) is 18.3 Å². The van der Waals surface area contributed by atoms with Gasteiger partial charge in [0.05, 0.1) is 31.1 Å². The Labute approximate surface area is 189 Å². The fraction of sp³-hybridized carbons (Fsp3) is 0.273. The summed E-state index contributed by atoms with van der Waals surface area (Å²) in [5.41, 5.74) is 3.06. The summed E-state index contributed by atoms with van der Waals surface area (Å²) in [6.45, 7) is 6.61. The number of nitrogens with one attached hydrogen (secondary N) is 2. The van der Waals surface area contributed by atoms with E-state index in [1.165, 1.54) is 0 Å². The third-order valence-corrected chi connectivity index (χ3v) is 4.13. The largest absolute Gasteiger partial charge is 0.494 e. The Morgan fingerprint density at radius 1 is 1.00 bits per heavy atom. The maximum Gasteiger partial charge on any atom is 0.191 e. The SMILES string of the molecule is CCNC(=NCc1ccccc1OCC)NCc1ccn(-c2ccccc2)n1.I. The summed E-state index contributed by atoms with van der Waals surface area (Å²) >= 11 is 0. The average Bonchev–Trinajstić information content (AvgIpc) is 3.21. The molecular weight excluding hydrogens is 477 g/mol. The fourth-order valence-electron chi connectivity index (χ4n) is 2.79. The molecule has 0 atom stereocenters. The molecule has 0 aliphatic carbocycles. The van der Waals surface area contributed by atoms with E-state index in [0.717, 1.165) is 35.2 Å². The number of para-hydroxylation sites is 2. The molecule has 6 nitrogen and oxygen atoms in total. The van der Waals surface area contributed by atoms with Crippen molar-refractivity contribution in [3.8, 4) is 11.4 Å². The molecule has 0 fully saturated rings. The molecule has 3 rings (SSSR count). The molecule has 0 radical (unpaired) electrons. The zero-order valence-electron chi connectivity index (χ0n) is 16.8. The van der Waals surface area contributed by atoms with Crippen LogP contribution >= 0.6 is 24.0 Å². The molecule has 0 saturated heterocycles. The lowest BCUT2D eigenvalue weighted by atomic mass is 10.2. The lowest BCUT2D eigenvalue weighted by molar-refractivity contribution is 0.336. The number of ether oxygens (including phenoxy) is 1. The van der Waals surface area contributed by atoms with Gasteiger partial charge >= 0.3 is 0 Å². The molecule has 0 saturated carbocycles. The highest BCUT2D eigenvalue weighted by molar-refractivity contribution is 14.0. The normalized spacial score (nSPS) is 10.9. The molecule has 0 amide bonds. The zero-order chi connectivity index (χ0) is 19.6. The van der Waals surface area contributed by atoms with Gasteiger partial charge in [0.25, 0.3) is 0 Å². The minimum atomic E-state index is 0. The minimum absolute atomic E-state index is 0. The van der Waals surface area contributed by atoms with Gasteiger partial charge in [0.2, 0.25) is 0 Å². The van der Waals surface area contributed by atoms with Crippen molar-refractivity contribution in [1.82, 2.24) is 20.4 Å². The van der Waals surface area contributed by atoms with Crippen molar-refractivity contribution >= 4 is 29.9 Å². The lowest BCUT2D eigenvalue weighted by Gasteiger charge is -2.12. The molecule has 154 valence electrons. The van der Waals surface area contributed by atoms with Crippen LogP contribution in [0.5, 0.6) is 5.75 Å². The molecule has 1 heterocycles. The number of rotatable bonds is 8. The van der Waals surface area contributed by atoms with Crippen LogP contribution in [0.15, 0.2) is 71.9 Å². The van der Waals surface area contributed by atoms with E-state index in [9.17, 15) is 0 Å². The molecule has 0 unspecified atom stereocenters. The molecule has 0 aliphatic heterocycles. The molecule has 0 bridgehead atoms. The second kappa shape index (κ2) is 12.1. The second-order valence-corrected chi connectivity index (χ2v) is 6.18. The summed E-state index contributed by atoms with van der Waals surface area (Å²) in [6, 6.07) is 20.1. The first-order valence-corrected chi connectivity index (χ1v) is 9.63. The van der Waals surface area contributed by atoms with Crippen LogP contribution in [-0.2, 0) is 13.1 Å². The second-order valence-electron chi connectivity index (χ2n) is 6.18. The number of aliphatic imine (C=N–C) groups is 1. The average molecular weight is 505 g/mol. The third-order valence-electron chi connectivity index (χ3n) is 4.13. The standard InChI is InChI=1S/C22H27N5O.HI/c1-3-23-22(24-16-18-10-8-9-13-21(18)28-4-2)25-17-19-14-15-27(26-19)20-11-6-5-7-12-20;/h5-15H,3-4,16-17H2,1-2H3,(H2,23,24,25);1H. The first-order valence-electron chi connectivity index (χ1n) is 9.63. The Kier molecular flexibility index (Phi) is 9.49. The molecular formula is C22H28IN5O. The van der Waals surface area contributed by atoms with Crippen molar-refractivity contribution in [3.05, 3.63) is 78.1 Å². The monoisotopic (exact) mass is 505 g/mol. The van der Waals surface area contributed by atoms with Crippen molar-refractivity contribution in [2.75, 3.05) is 13.2 Å². The summed E-state index contributed by atoms with van der Waals surface area (Å²) in [5.74, 6) is 1.63. The van der Waals surface area contributed by atoms with Gasteiger partial charge in [0.1, 0.15) is 5.75 Å². The summed E-state index contributed by atoms with van der Waals surface area (Å²) in [4.78, 5) is 4.69. The lowest BCUT2D eigenvalue weighted by Crippen LogP contribution is -2.36. The highest BCUT2D eigenvalue weighted by atomic mass is 127.